The molecule has 0 spiro atoms. The fraction of sp³-hybridized carbons (Fsp3) is 0.385. The van der Waals surface area contributed by atoms with E-state index in [1.54, 1.807) is 12.3 Å². The van der Waals surface area contributed by atoms with Crippen LogP contribution in [0.25, 0.3) is 5.57 Å². The first kappa shape index (κ1) is 22.7. The highest BCUT2D eigenvalue weighted by atomic mass is 16.5. The molecule has 2 N–H and O–H groups in total. The van der Waals surface area contributed by atoms with Crippen LogP contribution in [0.2, 0.25) is 0 Å². The average molecular weight is 447 g/mol. The first-order valence-electron chi connectivity index (χ1n) is 11.3. The molecular formula is C26H30N4O3. The molecule has 7 nitrogen and oxygen atoms in total. The first-order valence-corrected chi connectivity index (χ1v) is 11.3. The Morgan fingerprint density at radius 1 is 1.12 bits per heavy atom. The fourth-order valence-electron chi connectivity index (χ4n) is 4.39. The number of pyridine rings is 1. The second kappa shape index (κ2) is 9.57. The van der Waals surface area contributed by atoms with Crippen LogP contribution in [0, 0.1) is 6.92 Å². The van der Waals surface area contributed by atoms with E-state index in [0.717, 1.165) is 28.0 Å². The van der Waals surface area contributed by atoms with Crippen LogP contribution in [0.3, 0.4) is 0 Å². The molecule has 2 amide bonds. The van der Waals surface area contributed by atoms with Gasteiger partial charge in [-0.15, -0.1) is 0 Å². The van der Waals surface area contributed by atoms with Crippen LogP contribution in [0.1, 0.15) is 53.7 Å². The van der Waals surface area contributed by atoms with Crippen molar-refractivity contribution in [3.63, 3.8) is 0 Å². The number of hydrogen-bond donors (Lipinski definition) is 1. The molecule has 2 aromatic rings. The molecule has 0 saturated carbocycles. The molecule has 1 aromatic heterocycles. The third-order valence-corrected chi connectivity index (χ3v) is 6.30. The Hall–Kier alpha value is -3.48. The summed E-state index contributed by atoms with van der Waals surface area (Å²) in [5.41, 5.74) is 12.0. The lowest BCUT2D eigenvalue weighted by atomic mass is 9.99. The van der Waals surface area contributed by atoms with E-state index >= 15 is 0 Å². The molecule has 0 unspecified atom stereocenters. The van der Waals surface area contributed by atoms with Gasteiger partial charge in [-0.25, -0.2) is 4.98 Å². The number of carbonyl (C=O) groups is 2. The number of ether oxygens (including phenoxy) is 1. The van der Waals surface area contributed by atoms with E-state index in [1.165, 1.54) is 5.56 Å². The van der Waals surface area contributed by atoms with Gasteiger partial charge in [-0.1, -0.05) is 29.8 Å². The molecule has 172 valence electrons. The molecule has 1 saturated heterocycles. The van der Waals surface area contributed by atoms with Gasteiger partial charge in [-0.2, -0.15) is 0 Å². The van der Waals surface area contributed by atoms with Gasteiger partial charge in [0.05, 0.1) is 13.0 Å². The minimum Gasteiger partial charge on any atom is -0.474 e. The predicted molar refractivity (Wildman–Crippen MR) is 128 cm³/mol. The number of amides is 2. The Bertz CT molecular complexity index is 1130. The SMILES string of the molecule is CC1=NCC(C)=C1c1cnc(OC2CCN(C(=O)Cc3ccc(C)cc3)CC2)c(C(N)=O)c1. The number of primary amides is 1. The molecule has 1 fully saturated rings. The fourth-order valence-corrected chi connectivity index (χ4v) is 4.39. The van der Waals surface area contributed by atoms with E-state index in [-0.39, 0.29) is 23.5 Å². The quantitative estimate of drug-likeness (QED) is 0.736. The third-order valence-electron chi connectivity index (χ3n) is 6.30. The Morgan fingerprint density at radius 2 is 1.82 bits per heavy atom. The molecule has 4 rings (SSSR count). The predicted octanol–water partition coefficient (Wildman–Crippen LogP) is 3.35. The molecule has 0 aliphatic carbocycles. The van der Waals surface area contributed by atoms with Gasteiger partial charge in [-0.3, -0.25) is 14.6 Å². The number of benzene rings is 1. The van der Waals surface area contributed by atoms with E-state index < -0.39 is 5.91 Å². The van der Waals surface area contributed by atoms with Crippen molar-refractivity contribution in [1.29, 1.82) is 0 Å². The number of hydrogen-bond acceptors (Lipinski definition) is 5. The number of nitrogens with two attached hydrogens (primary N) is 1. The lowest BCUT2D eigenvalue weighted by Crippen LogP contribution is -2.42. The Kier molecular flexibility index (Phi) is 6.58. The van der Waals surface area contributed by atoms with Gasteiger partial charge in [0, 0.05) is 49.0 Å². The summed E-state index contributed by atoms with van der Waals surface area (Å²) in [4.78, 5) is 35.6. The zero-order chi connectivity index (χ0) is 23.5. The van der Waals surface area contributed by atoms with Crippen LogP contribution >= 0.6 is 0 Å². The molecule has 0 atom stereocenters. The van der Waals surface area contributed by atoms with Crippen molar-refractivity contribution in [2.75, 3.05) is 19.6 Å². The summed E-state index contributed by atoms with van der Waals surface area (Å²) in [6.45, 7) is 7.89. The van der Waals surface area contributed by atoms with Crippen molar-refractivity contribution in [2.45, 2.75) is 46.1 Å². The highest BCUT2D eigenvalue weighted by Crippen LogP contribution is 2.29. The summed E-state index contributed by atoms with van der Waals surface area (Å²) in [6.07, 6.45) is 3.35. The summed E-state index contributed by atoms with van der Waals surface area (Å²) in [5.74, 6) is -0.202. The van der Waals surface area contributed by atoms with Crippen LogP contribution in [0.5, 0.6) is 5.88 Å². The zero-order valence-corrected chi connectivity index (χ0v) is 19.4. The summed E-state index contributed by atoms with van der Waals surface area (Å²) in [6, 6.07) is 9.79. The molecule has 33 heavy (non-hydrogen) atoms. The van der Waals surface area contributed by atoms with Gasteiger partial charge in [0.2, 0.25) is 11.8 Å². The van der Waals surface area contributed by atoms with Crippen molar-refractivity contribution in [2.24, 2.45) is 10.7 Å². The molecular weight excluding hydrogens is 416 g/mol. The smallest absolute Gasteiger partial charge is 0.254 e. The number of aryl methyl sites for hydroxylation is 1. The number of piperidine rings is 1. The van der Waals surface area contributed by atoms with Crippen molar-refractivity contribution < 1.29 is 14.3 Å². The summed E-state index contributed by atoms with van der Waals surface area (Å²) >= 11 is 0. The van der Waals surface area contributed by atoms with E-state index in [4.69, 9.17) is 10.5 Å². The van der Waals surface area contributed by atoms with Gasteiger partial charge in [-0.05, 0) is 38.0 Å². The van der Waals surface area contributed by atoms with Crippen LogP contribution < -0.4 is 10.5 Å². The average Bonchev–Trinajstić information content (AvgIpc) is 3.14. The molecule has 7 heteroatoms. The maximum Gasteiger partial charge on any atom is 0.254 e. The Labute approximate surface area is 194 Å². The maximum atomic E-state index is 12.7. The highest BCUT2D eigenvalue weighted by Gasteiger charge is 2.26. The number of aliphatic imine (C=N–C) groups is 1. The van der Waals surface area contributed by atoms with Gasteiger partial charge in [0.25, 0.3) is 5.91 Å². The summed E-state index contributed by atoms with van der Waals surface area (Å²) in [5, 5.41) is 0. The van der Waals surface area contributed by atoms with Crippen molar-refractivity contribution in [3.05, 3.63) is 64.4 Å². The molecule has 1 aromatic carbocycles. The standard InChI is InChI=1S/C26H30N4O3/c1-16-4-6-19(7-5-16)12-23(31)30-10-8-21(9-11-30)33-26-22(25(27)32)13-20(15-29-26)24-17(2)14-28-18(24)3/h4-7,13,15,21H,8-12,14H2,1-3H3,(H2,27,32). The van der Waals surface area contributed by atoms with Crippen LogP contribution in [-0.2, 0) is 11.2 Å². The minimum atomic E-state index is -0.573. The van der Waals surface area contributed by atoms with Gasteiger partial charge < -0.3 is 15.4 Å². The molecule has 2 aliphatic heterocycles. The Balaban J connectivity index is 1.39. The number of carbonyl (C=O) groups excluding carboxylic acids is 2. The number of likely N-dealkylation sites (tertiary alicyclic amines) is 1. The van der Waals surface area contributed by atoms with Crippen LogP contribution in [0.4, 0.5) is 0 Å². The number of nitrogens with zero attached hydrogens (tertiary/aromatic N) is 3. The lowest BCUT2D eigenvalue weighted by Gasteiger charge is -2.32. The molecule has 0 radical (unpaired) electrons. The molecule has 2 aliphatic rings. The van der Waals surface area contributed by atoms with Gasteiger partial charge in [0.1, 0.15) is 11.7 Å². The second-order valence-electron chi connectivity index (χ2n) is 8.86. The highest BCUT2D eigenvalue weighted by molar-refractivity contribution is 6.25. The zero-order valence-electron chi connectivity index (χ0n) is 19.4. The molecule has 3 heterocycles. The monoisotopic (exact) mass is 446 g/mol. The number of aromatic nitrogens is 1. The summed E-state index contributed by atoms with van der Waals surface area (Å²) < 4.78 is 6.08. The van der Waals surface area contributed by atoms with Crippen LogP contribution in [0.15, 0.2) is 47.1 Å². The third kappa shape index (κ3) is 5.13. The minimum absolute atomic E-state index is 0.120. The van der Waals surface area contributed by atoms with E-state index in [1.807, 2.05) is 49.9 Å². The number of allylic oxidation sites excluding steroid dienone is 1. The number of rotatable bonds is 6. The van der Waals surface area contributed by atoms with E-state index in [9.17, 15) is 9.59 Å². The second-order valence-corrected chi connectivity index (χ2v) is 8.86. The van der Waals surface area contributed by atoms with E-state index in [2.05, 4.69) is 9.98 Å². The Morgan fingerprint density at radius 3 is 2.42 bits per heavy atom. The normalized spacial score (nSPS) is 16.7. The van der Waals surface area contributed by atoms with Gasteiger partial charge in [0.15, 0.2) is 0 Å². The van der Waals surface area contributed by atoms with Crippen LogP contribution in [-0.4, -0.2) is 53.1 Å². The largest absolute Gasteiger partial charge is 0.474 e. The first-order chi connectivity index (χ1) is 15.8. The lowest BCUT2D eigenvalue weighted by molar-refractivity contribution is -0.132. The van der Waals surface area contributed by atoms with Gasteiger partial charge >= 0.3 is 0 Å². The summed E-state index contributed by atoms with van der Waals surface area (Å²) in [7, 11) is 0. The molecule has 0 bridgehead atoms. The van der Waals surface area contributed by atoms with Crippen molar-refractivity contribution in [1.82, 2.24) is 9.88 Å². The maximum absolute atomic E-state index is 12.7. The van der Waals surface area contributed by atoms with Crippen molar-refractivity contribution >= 4 is 23.1 Å². The van der Waals surface area contributed by atoms with Crippen molar-refractivity contribution in [3.8, 4) is 5.88 Å². The van der Waals surface area contributed by atoms with E-state index in [0.29, 0.717) is 38.9 Å². The topological polar surface area (TPSA) is 97.9 Å².